The lowest BCUT2D eigenvalue weighted by atomic mass is 10.1. The summed E-state index contributed by atoms with van der Waals surface area (Å²) in [5, 5.41) is 3.05. The molecule has 0 fully saturated rings. The van der Waals surface area contributed by atoms with Gasteiger partial charge in [0.2, 0.25) is 0 Å². The molecule has 1 aromatic carbocycles. The number of alkyl halides is 1. The zero-order valence-corrected chi connectivity index (χ0v) is 11.1. The van der Waals surface area contributed by atoms with Crippen molar-refractivity contribution in [3.8, 4) is 0 Å². The summed E-state index contributed by atoms with van der Waals surface area (Å²) in [4.78, 5) is 12.8. The van der Waals surface area contributed by atoms with Crippen molar-refractivity contribution in [1.82, 2.24) is 4.90 Å². The fourth-order valence-corrected chi connectivity index (χ4v) is 1.97. The molecule has 0 saturated heterocycles. The summed E-state index contributed by atoms with van der Waals surface area (Å²) in [5.74, 6) is -0.421. The third kappa shape index (κ3) is 2.72. The van der Waals surface area contributed by atoms with Crippen LogP contribution in [0.1, 0.15) is 11.1 Å². The molecule has 0 aliphatic carbocycles. The summed E-state index contributed by atoms with van der Waals surface area (Å²) in [6, 6.07) is 2.70. The van der Waals surface area contributed by atoms with E-state index >= 15 is 0 Å². The topological polar surface area (TPSA) is 32.3 Å². The van der Waals surface area contributed by atoms with Gasteiger partial charge in [0.15, 0.2) is 0 Å². The number of hydrogen-bond acceptors (Lipinski definition) is 1. The van der Waals surface area contributed by atoms with Crippen LogP contribution >= 0.6 is 15.9 Å². The molecule has 1 N–H and O–H groups in total. The summed E-state index contributed by atoms with van der Waals surface area (Å²) in [5.41, 5.74) is 1.94. The first kappa shape index (κ1) is 13.0. The average molecular weight is 289 g/mol. The fourth-order valence-electron chi connectivity index (χ4n) is 1.25. The number of carbonyl (C=O) groups excluding carboxylic acids is 1. The maximum absolute atomic E-state index is 13.6. The van der Waals surface area contributed by atoms with Gasteiger partial charge in [-0.15, -0.1) is 0 Å². The number of carbonyl (C=O) groups is 1. The van der Waals surface area contributed by atoms with E-state index in [1.807, 2.05) is 6.92 Å². The number of rotatable bonds is 2. The summed E-state index contributed by atoms with van der Waals surface area (Å²) in [6.45, 7) is 1.88. The molecular weight excluding hydrogens is 275 g/mol. The van der Waals surface area contributed by atoms with E-state index in [0.717, 1.165) is 11.1 Å². The second-order valence-corrected chi connectivity index (χ2v) is 4.24. The third-order valence-electron chi connectivity index (χ3n) is 2.27. The van der Waals surface area contributed by atoms with Crippen LogP contribution in [0.4, 0.5) is 14.9 Å². The number of urea groups is 1. The standard InChI is InChI=1S/C11H14BrFN2O/c1-7-4-5-9(13)10(8(7)6-12)14-11(16)15(2)3/h4-5H,6H2,1-3H3,(H,14,16). The van der Waals surface area contributed by atoms with Gasteiger partial charge in [-0.3, -0.25) is 0 Å². The highest BCUT2D eigenvalue weighted by Crippen LogP contribution is 2.25. The Hall–Kier alpha value is -1.10. The molecule has 0 bridgehead atoms. The quantitative estimate of drug-likeness (QED) is 0.834. The van der Waals surface area contributed by atoms with Crippen molar-refractivity contribution in [2.24, 2.45) is 0 Å². The Labute approximate surface area is 103 Å². The number of anilines is 1. The molecule has 0 aliphatic heterocycles. The van der Waals surface area contributed by atoms with Gasteiger partial charge >= 0.3 is 6.03 Å². The molecule has 3 nitrogen and oxygen atoms in total. The number of nitrogens with one attached hydrogen (secondary N) is 1. The van der Waals surface area contributed by atoms with E-state index in [9.17, 15) is 9.18 Å². The minimum absolute atomic E-state index is 0.246. The van der Waals surface area contributed by atoms with Gasteiger partial charge in [0, 0.05) is 19.4 Å². The molecule has 16 heavy (non-hydrogen) atoms. The first-order chi connectivity index (χ1) is 7.47. The highest BCUT2D eigenvalue weighted by Gasteiger charge is 2.14. The molecule has 0 unspecified atom stereocenters. The van der Waals surface area contributed by atoms with Gasteiger partial charge in [-0.05, 0) is 24.1 Å². The number of benzene rings is 1. The number of nitrogens with zero attached hydrogens (tertiary/aromatic N) is 1. The Balaban J connectivity index is 3.11. The number of halogens is 2. The zero-order chi connectivity index (χ0) is 12.3. The van der Waals surface area contributed by atoms with Gasteiger partial charge in [0.1, 0.15) is 5.82 Å². The van der Waals surface area contributed by atoms with Gasteiger partial charge in [0.25, 0.3) is 0 Å². The van der Waals surface area contributed by atoms with E-state index in [4.69, 9.17) is 0 Å². The van der Waals surface area contributed by atoms with Crippen LogP contribution in [0.15, 0.2) is 12.1 Å². The molecule has 0 radical (unpaired) electrons. The van der Waals surface area contributed by atoms with E-state index in [-0.39, 0.29) is 11.7 Å². The second kappa shape index (κ2) is 5.30. The molecule has 0 aliphatic rings. The van der Waals surface area contributed by atoms with E-state index in [1.165, 1.54) is 11.0 Å². The maximum atomic E-state index is 13.6. The highest BCUT2D eigenvalue weighted by molar-refractivity contribution is 9.08. The largest absolute Gasteiger partial charge is 0.331 e. The molecule has 1 aromatic rings. The SMILES string of the molecule is Cc1ccc(F)c(NC(=O)N(C)C)c1CBr. The maximum Gasteiger partial charge on any atom is 0.321 e. The van der Waals surface area contributed by atoms with Gasteiger partial charge in [-0.25, -0.2) is 9.18 Å². The van der Waals surface area contributed by atoms with Crippen molar-refractivity contribution in [1.29, 1.82) is 0 Å². The number of hydrogen-bond donors (Lipinski definition) is 1. The summed E-state index contributed by atoms with van der Waals surface area (Å²) in [7, 11) is 3.22. The van der Waals surface area contributed by atoms with E-state index in [0.29, 0.717) is 5.33 Å². The van der Waals surface area contributed by atoms with E-state index < -0.39 is 5.82 Å². The average Bonchev–Trinajstić information content (AvgIpc) is 2.23. The molecule has 0 atom stereocenters. The molecule has 0 aromatic heterocycles. The molecular formula is C11H14BrFN2O. The predicted octanol–water partition coefficient (Wildman–Crippen LogP) is 3.12. The van der Waals surface area contributed by atoms with Crippen LogP contribution in [0.3, 0.4) is 0 Å². The Kier molecular flexibility index (Phi) is 4.29. The summed E-state index contributed by atoms with van der Waals surface area (Å²) in [6.07, 6.45) is 0. The van der Waals surface area contributed by atoms with Crippen LogP contribution in [0.2, 0.25) is 0 Å². The van der Waals surface area contributed by atoms with Crippen molar-refractivity contribution in [2.45, 2.75) is 12.3 Å². The van der Waals surface area contributed by atoms with Crippen LogP contribution in [0.5, 0.6) is 0 Å². The van der Waals surface area contributed by atoms with Gasteiger partial charge < -0.3 is 10.2 Å². The van der Waals surface area contributed by atoms with Crippen LogP contribution in [0.25, 0.3) is 0 Å². The molecule has 88 valence electrons. The first-order valence-electron chi connectivity index (χ1n) is 4.79. The lowest BCUT2D eigenvalue weighted by molar-refractivity contribution is 0.230. The van der Waals surface area contributed by atoms with Gasteiger partial charge in [-0.1, -0.05) is 22.0 Å². The normalized spacial score (nSPS) is 10.1. The van der Waals surface area contributed by atoms with Crippen LogP contribution in [0, 0.1) is 12.7 Å². The lowest BCUT2D eigenvalue weighted by Crippen LogP contribution is -2.28. The minimum atomic E-state index is -0.421. The Morgan fingerprint density at radius 2 is 2.12 bits per heavy atom. The number of aryl methyl sites for hydroxylation is 1. The second-order valence-electron chi connectivity index (χ2n) is 3.68. The first-order valence-corrected chi connectivity index (χ1v) is 5.91. The van der Waals surface area contributed by atoms with Crippen molar-refractivity contribution in [3.63, 3.8) is 0 Å². The van der Waals surface area contributed by atoms with Gasteiger partial charge in [0.05, 0.1) is 5.69 Å². The molecule has 5 heteroatoms. The summed E-state index contributed by atoms with van der Waals surface area (Å²) >= 11 is 3.29. The minimum Gasteiger partial charge on any atom is -0.331 e. The Morgan fingerprint density at radius 3 is 2.62 bits per heavy atom. The zero-order valence-electron chi connectivity index (χ0n) is 9.47. The Morgan fingerprint density at radius 1 is 1.50 bits per heavy atom. The highest BCUT2D eigenvalue weighted by atomic mass is 79.9. The molecule has 2 amide bonds. The molecule has 0 saturated carbocycles. The molecule has 0 spiro atoms. The monoisotopic (exact) mass is 288 g/mol. The lowest BCUT2D eigenvalue weighted by Gasteiger charge is -2.16. The van der Waals surface area contributed by atoms with Crippen molar-refractivity contribution in [2.75, 3.05) is 19.4 Å². The fraction of sp³-hybridized carbons (Fsp3) is 0.364. The predicted molar refractivity (Wildman–Crippen MR) is 66.5 cm³/mol. The molecule has 1 rings (SSSR count). The molecule has 0 heterocycles. The summed E-state index contributed by atoms with van der Waals surface area (Å²) < 4.78 is 13.6. The number of amides is 2. The van der Waals surface area contributed by atoms with Crippen LogP contribution < -0.4 is 5.32 Å². The van der Waals surface area contributed by atoms with Gasteiger partial charge in [-0.2, -0.15) is 0 Å². The van der Waals surface area contributed by atoms with Crippen molar-refractivity contribution < 1.29 is 9.18 Å². The van der Waals surface area contributed by atoms with Crippen molar-refractivity contribution in [3.05, 3.63) is 29.1 Å². The van der Waals surface area contributed by atoms with Crippen molar-refractivity contribution >= 4 is 27.6 Å². The van der Waals surface area contributed by atoms with Crippen LogP contribution in [-0.4, -0.2) is 25.0 Å². The van der Waals surface area contributed by atoms with E-state index in [2.05, 4.69) is 21.2 Å². The third-order valence-corrected chi connectivity index (χ3v) is 2.83. The smallest absolute Gasteiger partial charge is 0.321 e. The van der Waals surface area contributed by atoms with Crippen LogP contribution in [-0.2, 0) is 5.33 Å². The Bertz CT molecular complexity index is 407. The van der Waals surface area contributed by atoms with E-state index in [1.54, 1.807) is 20.2 Å².